The molecule has 0 saturated carbocycles. The molecule has 0 heterocycles. The van der Waals surface area contributed by atoms with Gasteiger partial charge in [0.1, 0.15) is 11.6 Å². The van der Waals surface area contributed by atoms with E-state index in [2.05, 4.69) is 28.1 Å². The number of rotatable bonds is 4. The van der Waals surface area contributed by atoms with Crippen LogP contribution in [-0.4, -0.2) is 11.6 Å². The standard InChI is InChI=1S/C9H9BrFNOS/c10-6-3-7(11)5-8(4-6)13-2-1-9(12)14/h3-5H,1-2H2,(H2,12,14). The van der Waals surface area contributed by atoms with Crippen molar-refractivity contribution in [3.8, 4) is 5.75 Å². The first-order valence-electron chi connectivity index (χ1n) is 3.95. The van der Waals surface area contributed by atoms with E-state index in [1.807, 2.05) is 0 Å². The van der Waals surface area contributed by atoms with Crippen molar-refractivity contribution < 1.29 is 9.13 Å². The smallest absolute Gasteiger partial charge is 0.128 e. The Morgan fingerprint density at radius 3 is 2.79 bits per heavy atom. The Hall–Kier alpha value is -0.680. The summed E-state index contributed by atoms with van der Waals surface area (Å²) in [7, 11) is 0. The molecule has 2 nitrogen and oxygen atoms in total. The molecule has 0 aromatic heterocycles. The van der Waals surface area contributed by atoms with Gasteiger partial charge in [-0.15, -0.1) is 0 Å². The number of ether oxygens (including phenoxy) is 1. The van der Waals surface area contributed by atoms with E-state index in [4.69, 9.17) is 10.5 Å². The molecular weight excluding hydrogens is 269 g/mol. The minimum Gasteiger partial charge on any atom is -0.493 e. The topological polar surface area (TPSA) is 35.2 Å². The van der Waals surface area contributed by atoms with Crippen LogP contribution in [0, 0.1) is 5.82 Å². The third-order valence-electron chi connectivity index (χ3n) is 1.45. The molecule has 0 atom stereocenters. The van der Waals surface area contributed by atoms with E-state index >= 15 is 0 Å². The summed E-state index contributed by atoms with van der Waals surface area (Å²) in [6.45, 7) is 0.366. The summed E-state index contributed by atoms with van der Waals surface area (Å²) in [6.07, 6.45) is 0.490. The van der Waals surface area contributed by atoms with Crippen LogP contribution in [0.2, 0.25) is 0 Å². The van der Waals surface area contributed by atoms with Crippen LogP contribution in [0.15, 0.2) is 22.7 Å². The highest BCUT2D eigenvalue weighted by Gasteiger charge is 2.00. The summed E-state index contributed by atoms with van der Waals surface area (Å²) in [5, 5.41) is 0. The maximum atomic E-state index is 12.9. The molecule has 0 unspecified atom stereocenters. The van der Waals surface area contributed by atoms with Gasteiger partial charge in [0, 0.05) is 17.0 Å². The average molecular weight is 278 g/mol. The maximum Gasteiger partial charge on any atom is 0.128 e. The fourth-order valence-electron chi connectivity index (χ4n) is 0.881. The van der Waals surface area contributed by atoms with E-state index in [0.29, 0.717) is 28.2 Å². The highest BCUT2D eigenvalue weighted by molar-refractivity contribution is 9.10. The van der Waals surface area contributed by atoms with Crippen LogP contribution in [0.3, 0.4) is 0 Å². The Bertz CT molecular complexity index is 325. The number of hydrogen-bond acceptors (Lipinski definition) is 2. The molecule has 1 aromatic carbocycles. The van der Waals surface area contributed by atoms with Crippen molar-refractivity contribution in [2.75, 3.05) is 6.61 Å². The van der Waals surface area contributed by atoms with E-state index in [-0.39, 0.29) is 5.82 Å². The molecule has 0 bridgehead atoms. The lowest BCUT2D eigenvalue weighted by atomic mass is 10.3. The molecule has 76 valence electrons. The van der Waals surface area contributed by atoms with Gasteiger partial charge in [-0.05, 0) is 12.1 Å². The lowest BCUT2D eigenvalue weighted by Crippen LogP contribution is -2.12. The highest BCUT2D eigenvalue weighted by Crippen LogP contribution is 2.20. The normalized spacial score (nSPS) is 9.86. The van der Waals surface area contributed by atoms with Crippen molar-refractivity contribution in [1.82, 2.24) is 0 Å². The molecule has 0 fully saturated rings. The number of benzene rings is 1. The van der Waals surface area contributed by atoms with E-state index < -0.39 is 0 Å². The van der Waals surface area contributed by atoms with Gasteiger partial charge in [-0.25, -0.2) is 4.39 Å². The minimum atomic E-state index is -0.343. The Balaban J connectivity index is 2.54. The van der Waals surface area contributed by atoms with Crippen molar-refractivity contribution in [1.29, 1.82) is 0 Å². The second kappa shape index (κ2) is 5.26. The van der Waals surface area contributed by atoms with Gasteiger partial charge in [-0.1, -0.05) is 28.1 Å². The van der Waals surface area contributed by atoms with Crippen LogP contribution in [0.25, 0.3) is 0 Å². The first-order valence-corrected chi connectivity index (χ1v) is 5.15. The SMILES string of the molecule is NC(=S)CCOc1cc(F)cc(Br)c1. The highest BCUT2D eigenvalue weighted by atomic mass is 79.9. The summed E-state index contributed by atoms with van der Waals surface area (Å²) in [5.41, 5.74) is 5.28. The quantitative estimate of drug-likeness (QED) is 0.860. The van der Waals surface area contributed by atoms with E-state index in [1.165, 1.54) is 12.1 Å². The molecule has 0 aliphatic rings. The zero-order chi connectivity index (χ0) is 10.6. The van der Waals surface area contributed by atoms with Crippen LogP contribution >= 0.6 is 28.1 Å². The summed E-state index contributed by atoms with van der Waals surface area (Å²) in [6, 6.07) is 4.35. The fourth-order valence-corrected chi connectivity index (χ4v) is 1.41. The van der Waals surface area contributed by atoms with E-state index in [0.717, 1.165) is 0 Å². The summed E-state index contributed by atoms with van der Waals surface area (Å²) in [4.78, 5) is 0.389. The molecular formula is C9H9BrFNOS. The van der Waals surface area contributed by atoms with Crippen molar-refractivity contribution in [2.45, 2.75) is 6.42 Å². The largest absolute Gasteiger partial charge is 0.493 e. The first-order chi connectivity index (χ1) is 6.58. The van der Waals surface area contributed by atoms with Gasteiger partial charge < -0.3 is 10.5 Å². The fraction of sp³-hybridized carbons (Fsp3) is 0.222. The Morgan fingerprint density at radius 1 is 1.50 bits per heavy atom. The van der Waals surface area contributed by atoms with Gasteiger partial charge in [0.15, 0.2) is 0 Å². The van der Waals surface area contributed by atoms with Gasteiger partial charge >= 0.3 is 0 Å². The van der Waals surface area contributed by atoms with Crippen molar-refractivity contribution in [3.63, 3.8) is 0 Å². The summed E-state index contributed by atoms with van der Waals surface area (Å²) < 4.78 is 18.7. The van der Waals surface area contributed by atoms with Crippen molar-refractivity contribution >= 4 is 33.1 Å². The molecule has 0 spiro atoms. The molecule has 1 aromatic rings. The number of halogens is 2. The van der Waals surface area contributed by atoms with E-state index in [1.54, 1.807) is 6.07 Å². The number of thiocarbonyl (C=S) groups is 1. The van der Waals surface area contributed by atoms with Crippen LogP contribution in [0.1, 0.15) is 6.42 Å². The van der Waals surface area contributed by atoms with Crippen LogP contribution in [-0.2, 0) is 0 Å². The zero-order valence-electron chi connectivity index (χ0n) is 7.30. The van der Waals surface area contributed by atoms with Crippen LogP contribution in [0.5, 0.6) is 5.75 Å². The number of hydrogen-bond donors (Lipinski definition) is 1. The molecule has 0 amide bonds. The lowest BCUT2D eigenvalue weighted by molar-refractivity contribution is 0.327. The summed E-state index contributed by atoms with van der Waals surface area (Å²) >= 11 is 7.84. The minimum absolute atomic E-state index is 0.343. The van der Waals surface area contributed by atoms with Crippen molar-refractivity contribution in [3.05, 3.63) is 28.5 Å². The molecule has 0 saturated heterocycles. The zero-order valence-corrected chi connectivity index (χ0v) is 9.70. The third kappa shape index (κ3) is 4.02. The first kappa shape index (κ1) is 11.4. The van der Waals surface area contributed by atoms with Crippen LogP contribution < -0.4 is 10.5 Å². The molecule has 0 radical (unpaired) electrons. The van der Waals surface area contributed by atoms with Crippen molar-refractivity contribution in [2.24, 2.45) is 5.73 Å². The van der Waals surface area contributed by atoms with Gasteiger partial charge in [0.2, 0.25) is 0 Å². The van der Waals surface area contributed by atoms with Gasteiger partial charge in [-0.2, -0.15) is 0 Å². The monoisotopic (exact) mass is 277 g/mol. The molecule has 5 heteroatoms. The molecule has 0 aliphatic heterocycles. The average Bonchev–Trinajstić information content (AvgIpc) is 2.01. The molecule has 0 aliphatic carbocycles. The lowest BCUT2D eigenvalue weighted by Gasteiger charge is -2.05. The molecule has 2 N–H and O–H groups in total. The summed E-state index contributed by atoms with van der Waals surface area (Å²) in [5.74, 6) is 0.123. The van der Waals surface area contributed by atoms with Gasteiger partial charge in [0.05, 0.1) is 11.6 Å². The molecule has 14 heavy (non-hydrogen) atoms. The van der Waals surface area contributed by atoms with Gasteiger partial charge in [-0.3, -0.25) is 0 Å². The predicted octanol–water partition coefficient (Wildman–Crippen LogP) is 2.64. The Kier molecular flexibility index (Phi) is 4.28. The molecule has 1 rings (SSSR count). The van der Waals surface area contributed by atoms with Gasteiger partial charge in [0.25, 0.3) is 0 Å². The second-order valence-electron chi connectivity index (χ2n) is 2.67. The van der Waals surface area contributed by atoms with Crippen LogP contribution in [0.4, 0.5) is 4.39 Å². The number of nitrogens with two attached hydrogens (primary N) is 1. The Morgan fingerprint density at radius 2 is 2.21 bits per heavy atom. The predicted molar refractivity (Wildman–Crippen MR) is 61.0 cm³/mol. The maximum absolute atomic E-state index is 12.9. The second-order valence-corrected chi connectivity index (χ2v) is 4.11. The third-order valence-corrected chi connectivity index (χ3v) is 2.12. The Labute approximate surface area is 95.4 Å². The van der Waals surface area contributed by atoms with E-state index in [9.17, 15) is 4.39 Å².